The second-order valence-corrected chi connectivity index (χ2v) is 6.88. The minimum absolute atomic E-state index is 0. The van der Waals surface area contributed by atoms with Crippen molar-refractivity contribution in [3.05, 3.63) is 29.3 Å². The lowest BCUT2D eigenvalue weighted by Crippen LogP contribution is -2.39. The summed E-state index contributed by atoms with van der Waals surface area (Å²) in [6.07, 6.45) is 3.92. The molecule has 0 heterocycles. The molecule has 0 bridgehead atoms. The molecule has 4 N–H and O–H groups in total. The highest BCUT2D eigenvalue weighted by molar-refractivity contribution is 14.0. The van der Waals surface area contributed by atoms with E-state index in [0.29, 0.717) is 25.0 Å². The normalized spacial score (nSPS) is 14.4. The summed E-state index contributed by atoms with van der Waals surface area (Å²) in [5, 5.41) is 5.99. The van der Waals surface area contributed by atoms with Gasteiger partial charge < -0.3 is 21.1 Å². The molecule has 0 radical (unpaired) electrons. The summed E-state index contributed by atoms with van der Waals surface area (Å²) in [6.45, 7) is 6.77. The molecule has 0 fully saturated rings. The van der Waals surface area contributed by atoms with E-state index in [2.05, 4.69) is 41.6 Å². The van der Waals surface area contributed by atoms with E-state index in [-0.39, 0.29) is 30.0 Å². The number of alkyl carbamates (subject to hydrolysis) is 1. The molecule has 0 spiro atoms. The van der Waals surface area contributed by atoms with Gasteiger partial charge in [-0.05, 0) is 61.8 Å². The SMILES string of the molecule is CCOC(=O)NC(CN=C(N)Nc1ccc2c(c1)CCC2)CC(C)C.I. The van der Waals surface area contributed by atoms with Gasteiger partial charge in [-0.25, -0.2) is 4.79 Å². The predicted molar refractivity (Wildman–Crippen MR) is 117 cm³/mol. The number of amides is 1. The molecule has 1 aliphatic carbocycles. The maximum Gasteiger partial charge on any atom is 0.407 e. The Balaban J connectivity index is 0.00000338. The van der Waals surface area contributed by atoms with Gasteiger partial charge in [0.25, 0.3) is 0 Å². The number of hydrogen-bond donors (Lipinski definition) is 3. The molecule has 26 heavy (non-hydrogen) atoms. The van der Waals surface area contributed by atoms with Crippen LogP contribution in [0, 0.1) is 5.92 Å². The molecule has 1 amide bonds. The molecular formula is C19H31IN4O2. The highest BCUT2D eigenvalue weighted by Crippen LogP contribution is 2.24. The van der Waals surface area contributed by atoms with Gasteiger partial charge in [-0.15, -0.1) is 24.0 Å². The van der Waals surface area contributed by atoms with E-state index in [1.807, 2.05) is 6.07 Å². The summed E-state index contributed by atoms with van der Waals surface area (Å²) >= 11 is 0. The Hall–Kier alpha value is -1.51. The van der Waals surface area contributed by atoms with Crippen molar-refractivity contribution in [3.63, 3.8) is 0 Å². The lowest BCUT2D eigenvalue weighted by atomic mass is 10.0. The van der Waals surface area contributed by atoms with E-state index < -0.39 is 6.09 Å². The lowest BCUT2D eigenvalue weighted by Gasteiger charge is -2.19. The average Bonchev–Trinajstić information content (AvgIpc) is 3.00. The van der Waals surface area contributed by atoms with Gasteiger partial charge in [-0.1, -0.05) is 19.9 Å². The van der Waals surface area contributed by atoms with Crippen LogP contribution in [-0.4, -0.2) is 31.2 Å². The number of nitrogens with zero attached hydrogens (tertiary/aromatic N) is 1. The number of nitrogens with two attached hydrogens (primary N) is 1. The molecule has 0 aromatic heterocycles. The Bertz CT molecular complexity index is 620. The number of hydrogen-bond acceptors (Lipinski definition) is 3. The zero-order valence-corrected chi connectivity index (χ0v) is 18.2. The molecule has 1 aromatic rings. The van der Waals surface area contributed by atoms with E-state index in [1.165, 1.54) is 17.5 Å². The average molecular weight is 474 g/mol. The summed E-state index contributed by atoms with van der Waals surface area (Å²) in [6, 6.07) is 6.24. The molecule has 0 saturated heterocycles. The lowest BCUT2D eigenvalue weighted by molar-refractivity contribution is 0.147. The Labute approximate surface area is 173 Å². The summed E-state index contributed by atoms with van der Waals surface area (Å²) < 4.78 is 4.95. The third kappa shape index (κ3) is 7.39. The summed E-state index contributed by atoms with van der Waals surface area (Å²) in [4.78, 5) is 16.0. The monoisotopic (exact) mass is 474 g/mol. The molecule has 6 nitrogen and oxygen atoms in total. The fourth-order valence-corrected chi connectivity index (χ4v) is 3.13. The molecule has 1 unspecified atom stereocenters. The zero-order chi connectivity index (χ0) is 18.2. The maximum absolute atomic E-state index is 11.7. The molecule has 0 saturated carbocycles. The number of benzene rings is 1. The van der Waals surface area contributed by atoms with Gasteiger partial charge in [0.05, 0.1) is 19.2 Å². The molecule has 2 rings (SSSR count). The highest BCUT2D eigenvalue weighted by atomic mass is 127. The molecular weight excluding hydrogens is 443 g/mol. The Morgan fingerprint density at radius 2 is 2.04 bits per heavy atom. The third-order valence-corrected chi connectivity index (χ3v) is 4.21. The van der Waals surface area contributed by atoms with Crippen LogP contribution in [0.5, 0.6) is 0 Å². The smallest absolute Gasteiger partial charge is 0.407 e. The van der Waals surface area contributed by atoms with Crippen molar-refractivity contribution in [1.29, 1.82) is 0 Å². The standard InChI is InChI=1S/C19H30N4O2.HI/c1-4-25-19(24)23-17(10-13(2)3)12-21-18(20)22-16-9-8-14-6-5-7-15(14)11-16;/h8-9,11,13,17H,4-7,10,12H2,1-3H3,(H,23,24)(H3,20,21,22);1H. The van der Waals surface area contributed by atoms with Crippen molar-refractivity contribution in [2.45, 2.75) is 52.5 Å². The van der Waals surface area contributed by atoms with Crippen LogP contribution in [0.25, 0.3) is 0 Å². The number of ether oxygens (including phenoxy) is 1. The molecule has 146 valence electrons. The topological polar surface area (TPSA) is 88.7 Å². The summed E-state index contributed by atoms with van der Waals surface area (Å²) in [5.41, 5.74) is 9.79. The number of guanidine groups is 1. The summed E-state index contributed by atoms with van der Waals surface area (Å²) in [7, 11) is 0. The van der Waals surface area contributed by atoms with Crippen molar-refractivity contribution in [3.8, 4) is 0 Å². The number of fused-ring (bicyclic) bond motifs is 1. The van der Waals surface area contributed by atoms with Crippen molar-refractivity contribution < 1.29 is 9.53 Å². The first-order chi connectivity index (χ1) is 12.0. The molecule has 0 aliphatic heterocycles. The highest BCUT2D eigenvalue weighted by Gasteiger charge is 2.15. The number of rotatable bonds is 7. The number of aliphatic imine (C=N–C) groups is 1. The van der Waals surface area contributed by atoms with Gasteiger partial charge in [-0.2, -0.15) is 0 Å². The van der Waals surface area contributed by atoms with Gasteiger partial charge in [-0.3, -0.25) is 4.99 Å². The first kappa shape index (κ1) is 22.5. The fourth-order valence-electron chi connectivity index (χ4n) is 3.13. The quantitative estimate of drug-likeness (QED) is 0.320. The number of carbonyl (C=O) groups excluding carboxylic acids is 1. The zero-order valence-electron chi connectivity index (χ0n) is 15.9. The van der Waals surface area contributed by atoms with Crippen LogP contribution in [0.4, 0.5) is 10.5 Å². The number of halogens is 1. The first-order valence-electron chi connectivity index (χ1n) is 9.10. The number of aryl methyl sites for hydroxylation is 2. The van der Waals surface area contributed by atoms with Gasteiger partial charge in [0.1, 0.15) is 0 Å². The van der Waals surface area contributed by atoms with Crippen molar-refractivity contribution in [2.75, 3.05) is 18.5 Å². The van der Waals surface area contributed by atoms with Gasteiger partial charge in [0.15, 0.2) is 5.96 Å². The van der Waals surface area contributed by atoms with Gasteiger partial charge >= 0.3 is 6.09 Å². The minimum Gasteiger partial charge on any atom is -0.450 e. The molecule has 1 aromatic carbocycles. The van der Waals surface area contributed by atoms with Crippen LogP contribution in [0.1, 0.15) is 44.7 Å². The van der Waals surface area contributed by atoms with Crippen molar-refractivity contribution in [2.24, 2.45) is 16.6 Å². The number of anilines is 1. The fraction of sp³-hybridized carbons (Fsp3) is 0.579. The van der Waals surface area contributed by atoms with E-state index in [9.17, 15) is 4.79 Å². The molecule has 1 aliphatic rings. The molecule has 7 heteroatoms. The van der Waals surface area contributed by atoms with Crippen LogP contribution in [-0.2, 0) is 17.6 Å². The van der Waals surface area contributed by atoms with Crippen LogP contribution in [0.15, 0.2) is 23.2 Å². The van der Waals surface area contributed by atoms with E-state index in [1.54, 1.807) is 6.92 Å². The molecule has 1 atom stereocenters. The minimum atomic E-state index is -0.409. The third-order valence-electron chi connectivity index (χ3n) is 4.21. The Kier molecular flexibility index (Phi) is 9.75. The predicted octanol–water partition coefficient (Wildman–Crippen LogP) is 3.68. The van der Waals surface area contributed by atoms with E-state index in [0.717, 1.165) is 24.9 Å². The van der Waals surface area contributed by atoms with Gasteiger partial charge in [0, 0.05) is 5.69 Å². The van der Waals surface area contributed by atoms with E-state index >= 15 is 0 Å². The maximum atomic E-state index is 11.7. The number of nitrogens with one attached hydrogen (secondary N) is 2. The van der Waals surface area contributed by atoms with Gasteiger partial charge in [0.2, 0.25) is 0 Å². The largest absolute Gasteiger partial charge is 0.450 e. The first-order valence-corrected chi connectivity index (χ1v) is 9.10. The summed E-state index contributed by atoms with van der Waals surface area (Å²) in [5.74, 6) is 0.797. The van der Waals surface area contributed by atoms with Crippen LogP contribution in [0.2, 0.25) is 0 Å². The van der Waals surface area contributed by atoms with Crippen LogP contribution in [0.3, 0.4) is 0 Å². The second kappa shape index (κ2) is 11.3. The Morgan fingerprint density at radius 1 is 1.31 bits per heavy atom. The number of carbonyl (C=O) groups is 1. The van der Waals surface area contributed by atoms with E-state index in [4.69, 9.17) is 10.5 Å². The Morgan fingerprint density at radius 3 is 2.73 bits per heavy atom. The van der Waals surface area contributed by atoms with Crippen LogP contribution >= 0.6 is 24.0 Å². The van der Waals surface area contributed by atoms with Crippen LogP contribution < -0.4 is 16.4 Å². The second-order valence-electron chi connectivity index (χ2n) is 6.88. The van der Waals surface area contributed by atoms with Crippen molar-refractivity contribution >= 4 is 41.7 Å². The van der Waals surface area contributed by atoms with Crippen molar-refractivity contribution in [1.82, 2.24) is 5.32 Å².